The number of likely N-dealkylation sites (N-methyl/N-ethyl adjacent to an activating group) is 1. The van der Waals surface area contributed by atoms with Crippen LogP contribution in [0.15, 0.2) is 24.3 Å². The van der Waals surface area contributed by atoms with Crippen molar-refractivity contribution in [2.24, 2.45) is 5.73 Å². The molecule has 318 valence electrons. The number of amides is 1. The Morgan fingerprint density at radius 2 is 0.944 bits per heavy atom. The van der Waals surface area contributed by atoms with Crippen LogP contribution in [0.2, 0.25) is 0 Å². The quantitative estimate of drug-likeness (QED) is 0.0494. The van der Waals surface area contributed by atoms with Gasteiger partial charge >= 0.3 is 0 Å². The van der Waals surface area contributed by atoms with Crippen LogP contribution in [0.3, 0.4) is 0 Å². The molecule has 1 aliphatic rings. The third kappa shape index (κ3) is 32.9. The van der Waals surface area contributed by atoms with E-state index in [0.717, 1.165) is 52.0 Å². The zero-order chi connectivity index (χ0) is 39.0. The van der Waals surface area contributed by atoms with Gasteiger partial charge in [-0.05, 0) is 71.3 Å². The zero-order valence-corrected chi connectivity index (χ0v) is 36.2. The normalized spacial score (nSPS) is 15.5. The average molecular weight is 762 g/mol. The van der Waals surface area contributed by atoms with Gasteiger partial charge in [0.2, 0.25) is 5.91 Å². The van der Waals surface area contributed by atoms with Crippen molar-refractivity contribution in [3.05, 3.63) is 24.3 Å². The average Bonchev–Trinajstić information content (AvgIpc) is 3.17. The summed E-state index contributed by atoms with van der Waals surface area (Å²) in [6, 6.07) is 0. The van der Waals surface area contributed by atoms with Gasteiger partial charge in [0.25, 0.3) is 0 Å². The van der Waals surface area contributed by atoms with E-state index in [-0.39, 0.29) is 0 Å². The van der Waals surface area contributed by atoms with E-state index in [1.54, 1.807) is 0 Å². The molecule has 2 unspecified atom stereocenters. The maximum Gasteiger partial charge on any atom is 0.249 e. The highest BCUT2D eigenvalue weighted by atomic mass is 16.6. The molecule has 0 saturated carbocycles. The summed E-state index contributed by atoms with van der Waals surface area (Å²) in [5.74, 6) is -0.454. The zero-order valence-electron chi connectivity index (χ0n) is 36.2. The monoisotopic (exact) mass is 762 g/mol. The molecule has 7 heteroatoms. The lowest BCUT2D eigenvalue weighted by molar-refractivity contribution is -0.148. The SMILES string of the molecule is CCCCCCCC/C=C\CCCCCCCCOCC(OCCN1CCN(C)CC1)C(OCCCCCCCC/C=C\CCCCCCCC)C(N)=O. The summed E-state index contributed by atoms with van der Waals surface area (Å²) in [6.07, 6.45) is 44.1. The van der Waals surface area contributed by atoms with Gasteiger partial charge in [0.15, 0.2) is 6.10 Å². The van der Waals surface area contributed by atoms with Gasteiger partial charge in [-0.2, -0.15) is 0 Å². The van der Waals surface area contributed by atoms with Crippen LogP contribution < -0.4 is 5.73 Å². The second-order valence-corrected chi connectivity index (χ2v) is 16.2. The van der Waals surface area contributed by atoms with Crippen molar-refractivity contribution in [2.75, 3.05) is 66.2 Å². The first-order valence-corrected chi connectivity index (χ1v) is 23.4. The molecule has 0 aromatic rings. The minimum Gasteiger partial charge on any atom is -0.379 e. The molecule has 0 bridgehead atoms. The summed E-state index contributed by atoms with van der Waals surface area (Å²) >= 11 is 0. The van der Waals surface area contributed by atoms with Crippen molar-refractivity contribution in [3.8, 4) is 0 Å². The van der Waals surface area contributed by atoms with Crippen LogP contribution in [0.1, 0.15) is 194 Å². The molecule has 1 amide bonds. The molecule has 2 atom stereocenters. The first kappa shape index (κ1) is 50.8. The van der Waals surface area contributed by atoms with Gasteiger partial charge in [-0.15, -0.1) is 0 Å². The van der Waals surface area contributed by atoms with E-state index >= 15 is 0 Å². The third-order valence-electron chi connectivity index (χ3n) is 11.0. The lowest BCUT2D eigenvalue weighted by atomic mass is 10.1. The largest absolute Gasteiger partial charge is 0.379 e. The number of nitrogens with zero attached hydrogens (tertiary/aromatic N) is 2. The van der Waals surface area contributed by atoms with Gasteiger partial charge in [-0.1, -0.05) is 154 Å². The number of rotatable bonds is 41. The fraction of sp³-hybridized carbons (Fsp3) is 0.894. The van der Waals surface area contributed by atoms with Crippen molar-refractivity contribution < 1.29 is 19.0 Å². The molecule has 7 nitrogen and oxygen atoms in total. The Hall–Kier alpha value is -1.25. The number of primary amides is 1. The van der Waals surface area contributed by atoms with Gasteiger partial charge in [0.1, 0.15) is 6.10 Å². The van der Waals surface area contributed by atoms with Crippen molar-refractivity contribution >= 4 is 5.91 Å². The first-order valence-electron chi connectivity index (χ1n) is 23.4. The smallest absolute Gasteiger partial charge is 0.249 e. The maximum absolute atomic E-state index is 12.6. The summed E-state index contributed by atoms with van der Waals surface area (Å²) in [5, 5.41) is 0. The highest BCUT2D eigenvalue weighted by molar-refractivity contribution is 5.79. The standard InChI is InChI=1S/C47H91N3O4/c1-4-6-8-10-12-14-16-18-20-22-24-26-28-30-32-34-41-52-44-45(53-43-40-50-38-36-49(3)37-39-50)46(47(48)51)54-42-35-33-31-29-27-25-23-21-19-17-15-13-11-9-7-5-2/h18-21,45-46H,4-17,22-44H2,1-3H3,(H2,48,51)/b20-18-,21-19-. The Morgan fingerprint density at radius 3 is 1.39 bits per heavy atom. The predicted molar refractivity (Wildman–Crippen MR) is 232 cm³/mol. The minimum atomic E-state index is -0.777. The molecular formula is C47H91N3O4. The van der Waals surface area contributed by atoms with E-state index in [1.807, 2.05) is 0 Å². The highest BCUT2D eigenvalue weighted by Gasteiger charge is 2.29. The number of allylic oxidation sites excluding steroid dienone is 4. The first-order chi connectivity index (χ1) is 26.6. The summed E-state index contributed by atoms with van der Waals surface area (Å²) in [5.41, 5.74) is 5.88. The molecule has 1 rings (SSSR count). The van der Waals surface area contributed by atoms with Crippen LogP contribution in [0.5, 0.6) is 0 Å². The van der Waals surface area contributed by atoms with Gasteiger partial charge in [0, 0.05) is 45.9 Å². The minimum absolute atomic E-state index is 0.342. The Morgan fingerprint density at radius 1 is 0.537 bits per heavy atom. The van der Waals surface area contributed by atoms with Crippen LogP contribution in [0.4, 0.5) is 0 Å². The second kappa shape index (κ2) is 40.0. The van der Waals surface area contributed by atoms with E-state index in [4.69, 9.17) is 19.9 Å². The van der Waals surface area contributed by atoms with Crippen LogP contribution >= 0.6 is 0 Å². The maximum atomic E-state index is 12.6. The summed E-state index contributed by atoms with van der Waals surface area (Å²) in [7, 11) is 2.17. The van der Waals surface area contributed by atoms with Crippen molar-refractivity contribution in [2.45, 2.75) is 206 Å². The number of ether oxygens (including phenoxy) is 3. The van der Waals surface area contributed by atoms with E-state index in [9.17, 15) is 4.79 Å². The lowest BCUT2D eigenvalue weighted by Crippen LogP contribution is -2.48. The molecule has 1 aliphatic heterocycles. The van der Waals surface area contributed by atoms with Crippen LogP contribution in [0, 0.1) is 0 Å². The number of carbonyl (C=O) groups excluding carboxylic acids is 1. The third-order valence-corrected chi connectivity index (χ3v) is 11.0. The summed E-state index contributed by atoms with van der Waals surface area (Å²) < 4.78 is 18.5. The van der Waals surface area contributed by atoms with E-state index < -0.39 is 18.1 Å². The van der Waals surface area contributed by atoms with Crippen molar-refractivity contribution in [1.29, 1.82) is 0 Å². The Kier molecular flexibility index (Phi) is 37.6. The Bertz CT molecular complexity index is 845. The fourth-order valence-electron chi connectivity index (χ4n) is 7.21. The summed E-state index contributed by atoms with van der Waals surface area (Å²) in [6.45, 7) is 11.7. The number of hydrogen-bond donors (Lipinski definition) is 1. The van der Waals surface area contributed by atoms with Crippen LogP contribution in [0.25, 0.3) is 0 Å². The number of piperazine rings is 1. The van der Waals surface area contributed by atoms with E-state index in [1.165, 1.54) is 161 Å². The van der Waals surface area contributed by atoms with Crippen molar-refractivity contribution in [1.82, 2.24) is 9.80 Å². The number of nitrogens with two attached hydrogens (primary N) is 1. The van der Waals surface area contributed by atoms with Crippen LogP contribution in [-0.2, 0) is 19.0 Å². The Labute approximate surface area is 336 Å². The predicted octanol–water partition coefficient (Wildman–Crippen LogP) is 11.6. The number of hydrogen-bond acceptors (Lipinski definition) is 6. The second-order valence-electron chi connectivity index (χ2n) is 16.2. The molecule has 54 heavy (non-hydrogen) atoms. The van der Waals surface area contributed by atoms with Gasteiger partial charge in [0.05, 0.1) is 13.2 Å². The van der Waals surface area contributed by atoms with Gasteiger partial charge in [-0.25, -0.2) is 0 Å². The molecule has 1 heterocycles. The number of unbranched alkanes of at least 4 members (excludes halogenated alkanes) is 24. The molecular weight excluding hydrogens is 671 g/mol. The topological polar surface area (TPSA) is 77.3 Å². The molecule has 0 radical (unpaired) electrons. The molecule has 1 fully saturated rings. The van der Waals surface area contributed by atoms with E-state index in [0.29, 0.717) is 26.4 Å². The van der Waals surface area contributed by atoms with E-state index in [2.05, 4.69) is 55.0 Å². The summed E-state index contributed by atoms with van der Waals surface area (Å²) in [4.78, 5) is 17.4. The molecule has 0 aromatic heterocycles. The number of carbonyl (C=O) groups is 1. The van der Waals surface area contributed by atoms with Crippen LogP contribution in [-0.4, -0.2) is 94.1 Å². The highest BCUT2D eigenvalue weighted by Crippen LogP contribution is 2.14. The molecule has 0 spiro atoms. The lowest BCUT2D eigenvalue weighted by Gasteiger charge is -2.33. The van der Waals surface area contributed by atoms with Crippen molar-refractivity contribution in [3.63, 3.8) is 0 Å². The van der Waals surface area contributed by atoms with Gasteiger partial charge in [-0.3, -0.25) is 9.69 Å². The molecule has 1 saturated heterocycles. The Balaban J connectivity index is 2.23. The van der Waals surface area contributed by atoms with Gasteiger partial charge < -0.3 is 24.8 Å². The fourth-order valence-corrected chi connectivity index (χ4v) is 7.21. The molecule has 0 aliphatic carbocycles. The molecule has 2 N–H and O–H groups in total. The molecule has 0 aromatic carbocycles.